The van der Waals surface area contributed by atoms with Crippen LogP contribution in [0.5, 0.6) is 0 Å². The van der Waals surface area contributed by atoms with Crippen molar-refractivity contribution in [2.75, 3.05) is 44.2 Å². The van der Waals surface area contributed by atoms with Crippen molar-refractivity contribution in [2.24, 2.45) is 5.92 Å². The molecule has 6 heteroatoms. The number of aromatic nitrogens is 1. The fraction of sp³-hybridized carbons (Fsp3) is 0.778. The molecule has 0 radical (unpaired) electrons. The molecule has 1 N–H and O–H groups in total. The Labute approximate surface area is 149 Å². The third-order valence-electron chi connectivity index (χ3n) is 5.15. The predicted octanol–water partition coefficient (Wildman–Crippen LogP) is 2.66. The van der Waals surface area contributed by atoms with Gasteiger partial charge in [0.2, 0.25) is 5.91 Å². The first-order chi connectivity index (χ1) is 11.7. The third kappa shape index (κ3) is 5.18. The van der Waals surface area contributed by atoms with Crippen LogP contribution in [0.15, 0.2) is 5.38 Å². The van der Waals surface area contributed by atoms with Crippen LogP contribution in [0.25, 0.3) is 0 Å². The Kier molecular flexibility index (Phi) is 6.49. The molecule has 1 aliphatic carbocycles. The highest BCUT2D eigenvalue weighted by molar-refractivity contribution is 7.13. The van der Waals surface area contributed by atoms with E-state index in [1.807, 2.05) is 6.92 Å². The van der Waals surface area contributed by atoms with Gasteiger partial charge in [-0.1, -0.05) is 19.3 Å². The van der Waals surface area contributed by atoms with Crippen molar-refractivity contribution in [3.63, 3.8) is 0 Å². The fourth-order valence-electron chi connectivity index (χ4n) is 3.72. The van der Waals surface area contributed by atoms with Gasteiger partial charge in [0.1, 0.15) is 0 Å². The fourth-order valence-corrected chi connectivity index (χ4v) is 4.57. The average Bonchev–Trinajstić information content (AvgIpc) is 2.89. The monoisotopic (exact) mass is 350 g/mol. The van der Waals surface area contributed by atoms with Crippen LogP contribution in [0.2, 0.25) is 0 Å². The number of rotatable bonds is 5. The second-order valence-electron chi connectivity index (χ2n) is 7.20. The highest BCUT2D eigenvalue weighted by Gasteiger charge is 2.20. The summed E-state index contributed by atoms with van der Waals surface area (Å²) in [4.78, 5) is 21.5. The number of amides is 1. The Balaban J connectivity index is 1.40. The van der Waals surface area contributed by atoms with E-state index in [0.717, 1.165) is 50.0 Å². The molecule has 2 heterocycles. The molecule has 3 rings (SSSR count). The second-order valence-corrected chi connectivity index (χ2v) is 8.03. The molecule has 0 bridgehead atoms. The van der Waals surface area contributed by atoms with Crippen LogP contribution in [0.3, 0.4) is 0 Å². The molecule has 1 saturated heterocycles. The van der Waals surface area contributed by atoms with Crippen molar-refractivity contribution in [1.29, 1.82) is 0 Å². The summed E-state index contributed by atoms with van der Waals surface area (Å²) in [6.07, 6.45) is 7.69. The lowest BCUT2D eigenvalue weighted by atomic mass is 9.89. The number of nitrogens with one attached hydrogen (secondary N) is 1. The minimum Gasteiger partial charge on any atom is -0.355 e. The summed E-state index contributed by atoms with van der Waals surface area (Å²) in [5, 5.41) is 6.39. The van der Waals surface area contributed by atoms with E-state index >= 15 is 0 Å². The summed E-state index contributed by atoms with van der Waals surface area (Å²) in [6.45, 7) is 7.39. The molecule has 1 aromatic heterocycles. The highest BCUT2D eigenvalue weighted by atomic mass is 32.1. The largest absolute Gasteiger partial charge is 0.355 e. The molecular formula is C18H30N4OS. The molecule has 2 aliphatic rings. The molecule has 5 nitrogen and oxygen atoms in total. The SMILES string of the molecule is Cc1csc(N2CCCN(CC(=O)NCC3CCCCC3)CC2)n1. The van der Waals surface area contributed by atoms with Crippen molar-refractivity contribution in [1.82, 2.24) is 15.2 Å². The van der Waals surface area contributed by atoms with Gasteiger partial charge in [-0.15, -0.1) is 11.3 Å². The molecule has 0 spiro atoms. The zero-order valence-electron chi connectivity index (χ0n) is 14.8. The van der Waals surface area contributed by atoms with E-state index in [1.165, 1.54) is 32.1 Å². The third-order valence-corrected chi connectivity index (χ3v) is 6.17. The van der Waals surface area contributed by atoms with Gasteiger partial charge in [-0.25, -0.2) is 4.98 Å². The van der Waals surface area contributed by atoms with E-state index in [4.69, 9.17) is 0 Å². The number of anilines is 1. The first-order valence-corrected chi connectivity index (χ1v) is 10.2. The van der Waals surface area contributed by atoms with E-state index in [0.29, 0.717) is 12.5 Å². The number of hydrogen-bond acceptors (Lipinski definition) is 5. The maximum atomic E-state index is 12.2. The smallest absolute Gasteiger partial charge is 0.234 e. The molecule has 1 amide bonds. The molecule has 2 fully saturated rings. The Morgan fingerprint density at radius 3 is 2.79 bits per heavy atom. The van der Waals surface area contributed by atoms with Crippen molar-refractivity contribution in [2.45, 2.75) is 45.4 Å². The van der Waals surface area contributed by atoms with Crippen LogP contribution in [0.1, 0.15) is 44.2 Å². The van der Waals surface area contributed by atoms with E-state index in [-0.39, 0.29) is 5.91 Å². The van der Waals surface area contributed by atoms with Gasteiger partial charge in [-0.3, -0.25) is 9.69 Å². The number of thiazole rings is 1. The normalized spacial score (nSPS) is 20.8. The summed E-state index contributed by atoms with van der Waals surface area (Å²) in [6, 6.07) is 0. The lowest BCUT2D eigenvalue weighted by Gasteiger charge is -2.23. The van der Waals surface area contributed by atoms with Crippen LogP contribution in [0.4, 0.5) is 5.13 Å². The summed E-state index contributed by atoms with van der Waals surface area (Å²) in [7, 11) is 0. The van der Waals surface area contributed by atoms with Crippen molar-refractivity contribution < 1.29 is 4.79 Å². The zero-order chi connectivity index (χ0) is 16.8. The maximum Gasteiger partial charge on any atom is 0.234 e. The molecule has 0 atom stereocenters. The number of nitrogens with zero attached hydrogens (tertiary/aromatic N) is 3. The van der Waals surface area contributed by atoms with Crippen LogP contribution in [0, 0.1) is 12.8 Å². The first kappa shape index (κ1) is 17.7. The lowest BCUT2D eigenvalue weighted by molar-refractivity contribution is -0.122. The standard InChI is InChI=1S/C18H30N4OS/c1-15-14-24-18(20-15)22-9-5-8-21(10-11-22)13-17(23)19-12-16-6-3-2-4-7-16/h14,16H,2-13H2,1H3,(H,19,23). The quantitative estimate of drug-likeness (QED) is 0.887. The predicted molar refractivity (Wildman–Crippen MR) is 99.7 cm³/mol. The van der Waals surface area contributed by atoms with Crippen LogP contribution < -0.4 is 10.2 Å². The van der Waals surface area contributed by atoms with Gasteiger partial charge in [0, 0.05) is 38.1 Å². The molecular weight excluding hydrogens is 320 g/mol. The topological polar surface area (TPSA) is 48.5 Å². The van der Waals surface area contributed by atoms with Gasteiger partial charge in [-0.2, -0.15) is 0 Å². The van der Waals surface area contributed by atoms with Gasteiger partial charge in [0.15, 0.2) is 5.13 Å². The maximum absolute atomic E-state index is 12.2. The van der Waals surface area contributed by atoms with E-state index in [2.05, 4.69) is 25.5 Å². The van der Waals surface area contributed by atoms with Gasteiger partial charge in [0.25, 0.3) is 0 Å². The van der Waals surface area contributed by atoms with Gasteiger partial charge in [-0.05, 0) is 32.1 Å². The van der Waals surface area contributed by atoms with E-state index in [1.54, 1.807) is 11.3 Å². The van der Waals surface area contributed by atoms with Crippen LogP contribution in [-0.2, 0) is 4.79 Å². The minimum atomic E-state index is 0.194. The number of carbonyl (C=O) groups is 1. The first-order valence-electron chi connectivity index (χ1n) is 9.37. The van der Waals surface area contributed by atoms with Crippen molar-refractivity contribution >= 4 is 22.4 Å². The molecule has 1 aliphatic heterocycles. The zero-order valence-corrected chi connectivity index (χ0v) is 15.6. The molecule has 0 aromatic carbocycles. The van der Waals surface area contributed by atoms with Crippen LogP contribution >= 0.6 is 11.3 Å². The van der Waals surface area contributed by atoms with E-state index in [9.17, 15) is 4.79 Å². The summed E-state index contributed by atoms with van der Waals surface area (Å²) < 4.78 is 0. The van der Waals surface area contributed by atoms with Gasteiger partial charge >= 0.3 is 0 Å². The molecule has 1 saturated carbocycles. The Bertz CT molecular complexity index is 527. The summed E-state index contributed by atoms with van der Waals surface area (Å²) in [5.41, 5.74) is 1.10. The number of hydrogen-bond donors (Lipinski definition) is 1. The summed E-state index contributed by atoms with van der Waals surface area (Å²) >= 11 is 1.72. The molecule has 0 unspecified atom stereocenters. The van der Waals surface area contributed by atoms with E-state index < -0.39 is 0 Å². The Morgan fingerprint density at radius 2 is 2.04 bits per heavy atom. The number of carbonyl (C=O) groups excluding carboxylic acids is 1. The average molecular weight is 351 g/mol. The Morgan fingerprint density at radius 1 is 1.21 bits per heavy atom. The summed E-state index contributed by atoms with van der Waals surface area (Å²) in [5.74, 6) is 0.898. The minimum absolute atomic E-state index is 0.194. The van der Waals surface area contributed by atoms with Gasteiger partial charge in [0.05, 0.1) is 12.2 Å². The van der Waals surface area contributed by atoms with Crippen molar-refractivity contribution in [3.8, 4) is 0 Å². The number of aryl methyl sites for hydroxylation is 1. The van der Waals surface area contributed by atoms with Crippen LogP contribution in [-0.4, -0.2) is 55.1 Å². The highest BCUT2D eigenvalue weighted by Crippen LogP contribution is 2.23. The second kappa shape index (κ2) is 8.81. The molecule has 24 heavy (non-hydrogen) atoms. The Hall–Kier alpha value is -1.14. The van der Waals surface area contributed by atoms with Gasteiger partial charge < -0.3 is 10.2 Å². The van der Waals surface area contributed by atoms with Crippen molar-refractivity contribution in [3.05, 3.63) is 11.1 Å². The molecule has 134 valence electrons. The lowest BCUT2D eigenvalue weighted by Crippen LogP contribution is -2.40. The molecule has 1 aromatic rings.